The minimum Gasteiger partial charge on any atom is -0.465 e. The SMILES string of the molecule is CCOC(=O)CNC1CC(c2ccc(Cl)cc2)C1. The Labute approximate surface area is 112 Å². The Morgan fingerprint density at radius 2 is 2.06 bits per heavy atom. The maximum Gasteiger partial charge on any atom is 0.319 e. The van der Waals surface area contributed by atoms with Crippen molar-refractivity contribution < 1.29 is 9.53 Å². The molecular formula is C14H18ClNO2. The first-order valence-corrected chi connectivity index (χ1v) is 6.71. The lowest BCUT2D eigenvalue weighted by atomic mass is 9.76. The van der Waals surface area contributed by atoms with Gasteiger partial charge in [-0.2, -0.15) is 0 Å². The number of carbonyl (C=O) groups is 1. The molecule has 0 radical (unpaired) electrons. The average molecular weight is 268 g/mol. The molecule has 0 heterocycles. The van der Waals surface area contributed by atoms with Crippen LogP contribution in [0.1, 0.15) is 31.2 Å². The predicted molar refractivity (Wildman–Crippen MR) is 71.9 cm³/mol. The van der Waals surface area contributed by atoms with Gasteiger partial charge in [0.1, 0.15) is 0 Å². The van der Waals surface area contributed by atoms with E-state index in [9.17, 15) is 4.79 Å². The number of halogens is 1. The van der Waals surface area contributed by atoms with Gasteiger partial charge in [-0.3, -0.25) is 4.79 Å². The number of nitrogens with one attached hydrogen (secondary N) is 1. The quantitative estimate of drug-likeness (QED) is 0.834. The summed E-state index contributed by atoms with van der Waals surface area (Å²) < 4.78 is 4.87. The van der Waals surface area contributed by atoms with E-state index in [-0.39, 0.29) is 5.97 Å². The number of benzene rings is 1. The van der Waals surface area contributed by atoms with Crippen LogP contribution >= 0.6 is 11.6 Å². The molecule has 2 rings (SSSR count). The van der Waals surface area contributed by atoms with Crippen molar-refractivity contribution in [3.05, 3.63) is 34.9 Å². The van der Waals surface area contributed by atoms with E-state index in [1.54, 1.807) is 0 Å². The zero-order chi connectivity index (χ0) is 13.0. The fourth-order valence-corrected chi connectivity index (χ4v) is 2.36. The Balaban J connectivity index is 1.70. The molecule has 98 valence electrons. The van der Waals surface area contributed by atoms with Crippen LogP contribution < -0.4 is 5.32 Å². The summed E-state index contributed by atoms with van der Waals surface area (Å²) >= 11 is 5.86. The standard InChI is InChI=1S/C14H18ClNO2/c1-2-18-14(17)9-16-13-7-11(8-13)10-3-5-12(15)6-4-10/h3-6,11,13,16H,2,7-9H2,1H3. The highest BCUT2D eigenvalue weighted by atomic mass is 35.5. The summed E-state index contributed by atoms with van der Waals surface area (Å²) in [4.78, 5) is 11.2. The minimum atomic E-state index is -0.174. The Morgan fingerprint density at radius 3 is 2.67 bits per heavy atom. The Kier molecular flexibility index (Phi) is 4.61. The van der Waals surface area contributed by atoms with Gasteiger partial charge in [-0.05, 0) is 43.4 Å². The molecule has 0 aliphatic heterocycles. The predicted octanol–water partition coefficient (Wildman–Crippen LogP) is 2.74. The number of carbonyl (C=O) groups excluding carboxylic acids is 1. The summed E-state index contributed by atoms with van der Waals surface area (Å²) in [5.41, 5.74) is 1.33. The second kappa shape index (κ2) is 6.21. The molecule has 1 fully saturated rings. The smallest absolute Gasteiger partial charge is 0.319 e. The number of ether oxygens (including phenoxy) is 1. The van der Waals surface area contributed by atoms with Crippen LogP contribution in [0.5, 0.6) is 0 Å². The number of hydrogen-bond donors (Lipinski definition) is 1. The largest absolute Gasteiger partial charge is 0.465 e. The van der Waals surface area contributed by atoms with Gasteiger partial charge in [-0.1, -0.05) is 23.7 Å². The van der Waals surface area contributed by atoms with E-state index in [1.165, 1.54) is 5.56 Å². The molecule has 1 saturated carbocycles. The first kappa shape index (κ1) is 13.4. The van der Waals surface area contributed by atoms with Gasteiger partial charge in [0.25, 0.3) is 0 Å². The third kappa shape index (κ3) is 3.47. The summed E-state index contributed by atoms with van der Waals surface area (Å²) in [7, 11) is 0. The second-order valence-electron chi connectivity index (χ2n) is 4.60. The highest BCUT2D eigenvalue weighted by Gasteiger charge is 2.30. The van der Waals surface area contributed by atoms with Crippen molar-refractivity contribution in [3.8, 4) is 0 Å². The first-order chi connectivity index (χ1) is 8.69. The molecule has 0 bridgehead atoms. The Hall–Kier alpha value is -1.06. The maximum absolute atomic E-state index is 11.2. The van der Waals surface area contributed by atoms with E-state index < -0.39 is 0 Å². The minimum absolute atomic E-state index is 0.174. The van der Waals surface area contributed by atoms with Crippen LogP contribution in [0.15, 0.2) is 24.3 Å². The highest BCUT2D eigenvalue weighted by Crippen LogP contribution is 2.37. The van der Waals surface area contributed by atoms with Gasteiger partial charge in [0, 0.05) is 11.1 Å². The topological polar surface area (TPSA) is 38.3 Å². The third-order valence-electron chi connectivity index (χ3n) is 3.32. The maximum atomic E-state index is 11.2. The summed E-state index contributed by atoms with van der Waals surface area (Å²) in [6.45, 7) is 2.57. The van der Waals surface area contributed by atoms with Crippen LogP contribution in [0.3, 0.4) is 0 Å². The number of hydrogen-bond acceptors (Lipinski definition) is 3. The fourth-order valence-electron chi connectivity index (χ4n) is 2.23. The van der Waals surface area contributed by atoms with Crippen LogP contribution in [-0.4, -0.2) is 25.2 Å². The monoisotopic (exact) mass is 267 g/mol. The molecule has 3 nitrogen and oxygen atoms in total. The summed E-state index contributed by atoms with van der Waals surface area (Å²) in [5.74, 6) is 0.411. The van der Waals surface area contributed by atoms with Gasteiger partial charge in [-0.25, -0.2) is 0 Å². The molecule has 1 aliphatic carbocycles. The number of esters is 1. The van der Waals surface area contributed by atoms with E-state index in [2.05, 4.69) is 17.4 Å². The van der Waals surface area contributed by atoms with Gasteiger partial charge >= 0.3 is 5.97 Å². The molecule has 0 atom stereocenters. The second-order valence-corrected chi connectivity index (χ2v) is 5.04. The molecule has 0 aromatic heterocycles. The lowest BCUT2D eigenvalue weighted by Gasteiger charge is -2.36. The molecule has 0 unspecified atom stereocenters. The molecule has 1 aromatic rings. The van der Waals surface area contributed by atoms with Crippen LogP contribution in [0, 0.1) is 0 Å². The fraction of sp³-hybridized carbons (Fsp3) is 0.500. The lowest BCUT2D eigenvalue weighted by molar-refractivity contribution is -0.142. The van der Waals surface area contributed by atoms with Crippen molar-refractivity contribution in [1.29, 1.82) is 0 Å². The van der Waals surface area contributed by atoms with Gasteiger partial charge in [-0.15, -0.1) is 0 Å². The zero-order valence-electron chi connectivity index (χ0n) is 10.5. The Bertz CT molecular complexity index is 399. The molecule has 0 saturated heterocycles. The summed E-state index contributed by atoms with van der Waals surface area (Å²) in [6.07, 6.45) is 2.14. The van der Waals surface area contributed by atoms with Crippen LogP contribution in [0.25, 0.3) is 0 Å². The van der Waals surface area contributed by atoms with E-state index in [0.29, 0.717) is 25.1 Å². The van der Waals surface area contributed by atoms with Crippen molar-refractivity contribution in [2.24, 2.45) is 0 Å². The van der Waals surface area contributed by atoms with Gasteiger partial charge in [0.05, 0.1) is 13.2 Å². The Morgan fingerprint density at radius 1 is 1.39 bits per heavy atom. The normalized spacial score (nSPS) is 22.3. The van der Waals surface area contributed by atoms with Gasteiger partial charge in [0.2, 0.25) is 0 Å². The molecule has 1 N–H and O–H groups in total. The van der Waals surface area contributed by atoms with Gasteiger partial charge in [0.15, 0.2) is 0 Å². The van der Waals surface area contributed by atoms with Crippen molar-refractivity contribution in [2.75, 3.05) is 13.2 Å². The van der Waals surface area contributed by atoms with E-state index >= 15 is 0 Å². The zero-order valence-corrected chi connectivity index (χ0v) is 11.2. The third-order valence-corrected chi connectivity index (χ3v) is 3.57. The van der Waals surface area contributed by atoms with E-state index in [4.69, 9.17) is 16.3 Å². The molecular weight excluding hydrogens is 250 g/mol. The lowest BCUT2D eigenvalue weighted by Crippen LogP contribution is -2.42. The molecule has 1 aliphatic rings. The molecule has 1 aromatic carbocycles. The van der Waals surface area contributed by atoms with E-state index in [1.807, 2.05) is 19.1 Å². The average Bonchev–Trinajstić information content (AvgIpc) is 2.29. The van der Waals surface area contributed by atoms with Crippen molar-refractivity contribution >= 4 is 17.6 Å². The first-order valence-electron chi connectivity index (χ1n) is 6.33. The van der Waals surface area contributed by atoms with Crippen LogP contribution in [0.4, 0.5) is 0 Å². The molecule has 0 amide bonds. The molecule has 18 heavy (non-hydrogen) atoms. The van der Waals surface area contributed by atoms with Crippen molar-refractivity contribution in [2.45, 2.75) is 31.7 Å². The van der Waals surface area contributed by atoms with E-state index in [0.717, 1.165) is 17.9 Å². The van der Waals surface area contributed by atoms with Crippen LogP contribution in [0.2, 0.25) is 5.02 Å². The molecule has 0 spiro atoms. The summed E-state index contributed by atoms with van der Waals surface area (Å²) in [5, 5.41) is 3.99. The molecule has 4 heteroatoms. The van der Waals surface area contributed by atoms with Crippen molar-refractivity contribution in [3.63, 3.8) is 0 Å². The number of rotatable bonds is 5. The summed E-state index contributed by atoms with van der Waals surface area (Å²) in [6, 6.07) is 8.44. The van der Waals surface area contributed by atoms with Gasteiger partial charge < -0.3 is 10.1 Å². The highest BCUT2D eigenvalue weighted by molar-refractivity contribution is 6.30. The van der Waals surface area contributed by atoms with Crippen molar-refractivity contribution in [1.82, 2.24) is 5.32 Å². The van der Waals surface area contributed by atoms with Crippen LogP contribution in [-0.2, 0) is 9.53 Å².